The quantitative estimate of drug-likeness (QED) is 0.926. The number of benzene rings is 2. The number of rotatable bonds is 2. The van der Waals surface area contributed by atoms with Gasteiger partial charge in [-0.1, -0.05) is 36.4 Å². The van der Waals surface area contributed by atoms with Gasteiger partial charge in [-0.25, -0.2) is 0 Å². The number of likely N-dealkylation sites (tertiary alicyclic amines) is 1. The Balaban J connectivity index is 1.94. The molecule has 0 aromatic heterocycles. The summed E-state index contributed by atoms with van der Waals surface area (Å²) in [7, 11) is 0. The van der Waals surface area contributed by atoms with Crippen molar-refractivity contribution in [1.82, 2.24) is 4.90 Å². The summed E-state index contributed by atoms with van der Waals surface area (Å²) in [5.74, 6) is -0.910. The fourth-order valence-electron chi connectivity index (χ4n) is 3.17. The van der Waals surface area contributed by atoms with Gasteiger partial charge in [0.15, 0.2) is 0 Å². The summed E-state index contributed by atoms with van der Waals surface area (Å²) in [4.78, 5) is 26.0. The molecule has 22 heavy (non-hydrogen) atoms. The lowest BCUT2D eigenvalue weighted by atomic mass is 9.82. The van der Waals surface area contributed by atoms with Gasteiger partial charge in [-0.15, -0.1) is 0 Å². The van der Waals surface area contributed by atoms with Crippen molar-refractivity contribution in [1.29, 1.82) is 0 Å². The average molecular weight is 297 g/mol. The lowest BCUT2D eigenvalue weighted by Crippen LogP contribution is -2.48. The van der Waals surface area contributed by atoms with Crippen molar-refractivity contribution in [3.63, 3.8) is 0 Å². The first kappa shape index (κ1) is 14.6. The van der Waals surface area contributed by atoms with Gasteiger partial charge in [0.2, 0.25) is 0 Å². The number of nitrogens with zero attached hydrogens (tertiary/aromatic N) is 1. The van der Waals surface area contributed by atoms with Crippen molar-refractivity contribution in [2.24, 2.45) is 5.41 Å². The number of carbonyl (C=O) groups is 2. The van der Waals surface area contributed by atoms with Crippen LogP contribution in [0.2, 0.25) is 0 Å². The summed E-state index contributed by atoms with van der Waals surface area (Å²) >= 11 is 0. The average Bonchev–Trinajstić information content (AvgIpc) is 2.53. The maximum Gasteiger partial charge on any atom is 0.311 e. The molecule has 1 fully saturated rings. The summed E-state index contributed by atoms with van der Waals surface area (Å²) in [6.07, 6.45) is 1.33. The fraction of sp³-hybridized carbons (Fsp3) is 0.333. The first-order chi connectivity index (χ1) is 10.5. The molecule has 2 aromatic rings. The monoisotopic (exact) mass is 297 g/mol. The standard InChI is InChI=1S/C18H19NO3/c1-18(17(21)22)10-5-11-19(12-18)16(20)15-9-4-7-13-6-2-3-8-14(13)15/h2-4,6-9H,5,10-12H2,1H3,(H,21,22). The molecular weight excluding hydrogens is 278 g/mol. The summed E-state index contributed by atoms with van der Waals surface area (Å²) in [5, 5.41) is 11.3. The maximum atomic E-state index is 12.9. The van der Waals surface area contributed by atoms with Crippen LogP contribution in [0.4, 0.5) is 0 Å². The summed E-state index contributed by atoms with van der Waals surface area (Å²) in [6.45, 7) is 2.60. The minimum atomic E-state index is -0.849. The van der Waals surface area contributed by atoms with Gasteiger partial charge in [-0.2, -0.15) is 0 Å². The molecule has 4 heteroatoms. The van der Waals surface area contributed by atoms with Crippen molar-refractivity contribution in [2.45, 2.75) is 19.8 Å². The van der Waals surface area contributed by atoms with Crippen LogP contribution in [-0.4, -0.2) is 35.0 Å². The predicted octanol–water partition coefficient (Wildman–Crippen LogP) is 3.17. The number of piperidine rings is 1. The summed E-state index contributed by atoms with van der Waals surface area (Å²) < 4.78 is 0. The molecule has 0 saturated carbocycles. The number of carboxylic acids is 1. The fourth-order valence-corrected chi connectivity index (χ4v) is 3.17. The number of carboxylic acid groups (broad SMARTS) is 1. The van der Waals surface area contributed by atoms with Crippen molar-refractivity contribution in [3.05, 3.63) is 48.0 Å². The molecule has 1 aliphatic heterocycles. The maximum absolute atomic E-state index is 12.9. The molecule has 1 aliphatic rings. The van der Waals surface area contributed by atoms with Crippen LogP contribution in [0, 0.1) is 5.41 Å². The molecule has 1 atom stereocenters. The lowest BCUT2D eigenvalue weighted by Gasteiger charge is -2.37. The first-order valence-corrected chi connectivity index (χ1v) is 7.52. The normalized spacial score (nSPS) is 21.8. The lowest BCUT2D eigenvalue weighted by molar-refractivity contribution is -0.150. The summed E-state index contributed by atoms with van der Waals surface area (Å²) in [6, 6.07) is 13.4. The minimum Gasteiger partial charge on any atom is -0.481 e. The Morgan fingerprint density at radius 2 is 1.86 bits per heavy atom. The molecule has 114 valence electrons. The van der Waals surface area contributed by atoms with E-state index in [2.05, 4.69) is 0 Å². The van der Waals surface area contributed by atoms with E-state index in [4.69, 9.17) is 0 Å². The Hall–Kier alpha value is -2.36. The highest BCUT2D eigenvalue weighted by molar-refractivity contribution is 6.07. The van der Waals surface area contributed by atoms with E-state index in [-0.39, 0.29) is 12.5 Å². The second-order valence-corrected chi connectivity index (χ2v) is 6.22. The van der Waals surface area contributed by atoms with Crippen LogP contribution >= 0.6 is 0 Å². The third-order valence-electron chi connectivity index (χ3n) is 4.52. The second kappa shape index (κ2) is 5.44. The topological polar surface area (TPSA) is 57.6 Å². The Morgan fingerprint density at radius 3 is 2.64 bits per heavy atom. The number of hydrogen-bond acceptors (Lipinski definition) is 2. The third-order valence-corrected chi connectivity index (χ3v) is 4.52. The minimum absolute atomic E-state index is 0.0797. The summed E-state index contributed by atoms with van der Waals surface area (Å²) in [5.41, 5.74) is -0.203. The SMILES string of the molecule is CC1(C(=O)O)CCCN(C(=O)c2cccc3ccccc23)C1. The molecule has 3 rings (SSSR count). The van der Waals surface area contributed by atoms with Gasteiger partial charge in [-0.05, 0) is 36.6 Å². The molecule has 0 radical (unpaired) electrons. The van der Waals surface area contributed by atoms with Crippen LogP contribution in [0.15, 0.2) is 42.5 Å². The predicted molar refractivity (Wildman–Crippen MR) is 84.8 cm³/mol. The zero-order valence-electron chi connectivity index (χ0n) is 12.6. The van der Waals surface area contributed by atoms with Crippen LogP contribution in [0.5, 0.6) is 0 Å². The molecule has 4 nitrogen and oxygen atoms in total. The number of aliphatic carboxylic acids is 1. The van der Waals surface area contributed by atoms with E-state index < -0.39 is 11.4 Å². The molecule has 0 aliphatic carbocycles. The van der Waals surface area contributed by atoms with Crippen LogP contribution in [-0.2, 0) is 4.79 Å². The van der Waals surface area contributed by atoms with Gasteiger partial charge in [-0.3, -0.25) is 9.59 Å². The number of fused-ring (bicyclic) bond motifs is 1. The van der Waals surface area contributed by atoms with Gasteiger partial charge < -0.3 is 10.0 Å². The molecular formula is C18H19NO3. The zero-order chi connectivity index (χ0) is 15.7. The number of carbonyl (C=O) groups excluding carboxylic acids is 1. The molecule has 0 spiro atoms. The van der Waals surface area contributed by atoms with Gasteiger partial charge in [0.05, 0.1) is 5.41 Å². The van der Waals surface area contributed by atoms with E-state index in [0.717, 1.165) is 17.2 Å². The highest BCUT2D eigenvalue weighted by Gasteiger charge is 2.39. The molecule has 1 N–H and O–H groups in total. The zero-order valence-corrected chi connectivity index (χ0v) is 12.6. The third kappa shape index (κ3) is 2.45. The molecule has 1 unspecified atom stereocenters. The Kier molecular flexibility index (Phi) is 3.61. The van der Waals surface area contributed by atoms with Crippen LogP contribution in [0.1, 0.15) is 30.1 Å². The van der Waals surface area contributed by atoms with Crippen LogP contribution in [0.3, 0.4) is 0 Å². The Morgan fingerprint density at radius 1 is 1.14 bits per heavy atom. The van der Waals surface area contributed by atoms with E-state index in [1.54, 1.807) is 11.8 Å². The highest BCUT2D eigenvalue weighted by Crippen LogP contribution is 2.31. The Labute approximate surface area is 129 Å². The first-order valence-electron chi connectivity index (χ1n) is 7.52. The molecule has 2 aromatic carbocycles. The van der Waals surface area contributed by atoms with Crippen molar-refractivity contribution >= 4 is 22.6 Å². The van der Waals surface area contributed by atoms with Gasteiger partial charge in [0.1, 0.15) is 0 Å². The van der Waals surface area contributed by atoms with Crippen molar-refractivity contribution < 1.29 is 14.7 Å². The van der Waals surface area contributed by atoms with E-state index in [1.165, 1.54) is 0 Å². The van der Waals surface area contributed by atoms with Crippen LogP contribution < -0.4 is 0 Å². The van der Waals surface area contributed by atoms with E-state index in [0.29, 0.717) is 18.5 Å². The van der Waals surface area contributed by atoms with Gasteiger partial charge in [0, 0.05) is 18.7 Å². The smallest absolute Gasteiger partial charge is 0.311 e. The van der Waals surface area contributed by atoms with E-state index in [9.17, 15) is 14.7 Å². The van der Waals surface area contributed by atoms with Gasteiger partial charge >= 0.3 is 5.97 Å². The highest BCUT2D eigenvalue weighted by atomic mass is 16.4. The van der Waals surface area contributed by atoms with Crippen LogP contribution in [0.25, 0.3) is 10.8 Å². The van der Waals surface area contributed by atoms with E-state index >= 15 is 0 Å². The molecule has 0 bridgehead atoms. The second-order valence-electron chi connectivity index (χ2n) is 6.22. The molecule has 1 amide bonds. The molecule has 1 heterocycles. The van der Waals surface area contributed by atoms with Crippen molar-refractivity contribution in [3.8, 4) is 0 Å². The molecule has 1 saturated heterocycles. The Bertz CT molecular complexity index is 735. The van der Waals surface area contributed by atoms with Gasteiger partial charge in [0.25, 0.3) is 5.91 Å². The number of amides is 1. The van der Waals surface area contributed by atoms with Crippen molar-refractivity contribution in [2.75, 3.05) is 13.1 Å². The number of hydrogen-bond donors (Lipinski definition) is 1. The largest absolute Gasteiger partial charge is 0.481 e. The van der Waals surface area contributed by atoms with E-state index in [1.807, 2.05) is 42.5 Å².